The first-order valence-corrected chi connectivity index (χ1v) is 8.05. The summed E-state index contributed by atoms with van der Waals surface area (Å²) in [5, 5.41) is 5.98. The van der Waals surface area contributed by atoms with Crippen molar-refractivity contribution in [2.45, 2.75) is 13.8 Å². The van der Waals surface area contributed by atoms with E-state index in [-0.39, 0.29) is 11.7 Å². The summed E-state index contributed by atoms with van der Waals surface area (Å²) in [5.74, 6) is -0.573. The zero-order valence-corrected chi connectivity index (χ0v) is 13.9. The molecule has 2 heterocycles. The van der Waals surface area contributed by atoms with Crippen molar-refractivity contribution in [2.24, 2.45) is 0 Å². The molecule has 0 atom stereocenters. The van der Waals surface area contributed by atoms with E-state index in [9.17, 15) is 9.59 Å². The maximum absolute atomic E-state index is 12.5. The third-order valence-corrected chi connectivity index (χ3v) is 4.40. The Labute approximate surface area is 142 Å². The molecule has 0 aliphatic carbocycles. The van der Waals surface area contributed by atoms with E-state index in [0.29, 0.717) is 16.4 Å². The minimum absolute atomic E-state index is 0.177. The van der Waals surface area contributed by atoms with Gasteiger partial charge in [-0.15, -0.1) is 11.3 Å². The van der Waals surface area contributed by atoms with Crippen LogP contribution < -0.4 is 10.6 Å². The first-order valence-electron chi connectivity index (χ1n) is 7.24. The lowest BCUT2D eigenvalue weighted by molar-refractivity contribution is 0.0996. The first-order chi connectivity index (χ1) is 11.5. The van der Waals surface area contributed by atoms with E-state index in [4.69, 9.17) is 4.42 Å². The second-order valence-corrected chi connectivity index (χ2v) is 6.29. The van der Waals surface area contributed by atoms with E-state index < -0.39 is 5.91 Å². The molecular weight excluding hydrogens is 326 g/mol. The second-order valence-electron chi connectivity index (χ2n) is 5.09. The molecule has 122 valence electrons. The number of nitrogens with zero attached hydrogens (tertiary/aromatic N) is 1. The molecule has 0 aliphatic heterocycles. The van der Waals surface area contributed by atoms with Crippen molar-refractivity contribution in [1.82, 2.24) is 4.98 Å². The fourth-order valence-electron chi connectivity index (χ4n) is 2.07. The molecule has 1 aromatic carbocycles. The molecule has 0 fully saturated rings. The monoisotopic (exact) mass is 341 g/mol. The summed E-state index contributed by atoms with van der Waals surface area (Å²) in [7, 11) is 0. The van der Waals surface area contributed by atoms with Crippen LogP contribution in [-0.4, -0.2) is 16.8 Å². The number of aromatic nitrogens is 1. The van der Waals surface area contributed by atoms with E-state index >= 15 is 0 Å². The van der Waals surface area contributed by atoms with Gasteiger partial charge in [0.15, 0.2) is 10.9 Å². The minimum Gasteiger partial charge on any atom is -0.459 e. The number of rotatable bonds is 4. The number of carbonyl (C=O) groups is 2. The van der Waals surface area contributed by atoms with Crippen molar-refractivity contribution in [3.8, 4) is 0 Å². The Balaban J connectivity index is 1.80. The number of para-hydroxylation sites is 1. The summed E-state index contributed by atoms with van der Waals surface area (Å²) < 4.78 is 5.06. The third-order valence-electron chi connectivity index (χ3n) is 3.41. The molecule has 0 aliphatic rings. The Bertz CT molecular complexity index is 865. The Hall–Kier alpha value is -2.93. The predicted octanol–water partition coefficient (Wildman–Crippen LogP) is 3.86. The smallest absolute Gasteiger partial charge is 0.291 e. The van der Waals surface area contributed by atoms with E-state index in [1.165, 1.54) is 17.6 Å². The Morgan fingerprint density at radius 3 is 2.50 bits per heavy atom. The van der Waals surface area contributed by atoms with Crippen molar-refractivity contribution in [2.75, 3.05) is 10.6 Å². The van der Waals surface area contributed by atoms with Crippen LogP contribution in [0.15, 0.2) is 47.1 Å². The number of hydrogen-bond acceptors (Lipinski definition) is 5. The van der Waals surface area contributed by atoms with Gasteiger partial charge < -0.3 is 9.73 Å². The van der Waals surface area contributed by atoms with Crippen molar-refractivity contribution in [3.05, 3.63) is 64.6 Å². The molecule has 0 saturated carbocycles. The molecule has 2 aromatic heterocycles. The molecule has 0 saturated heterocycles. The summed E-state index contributed by atoms with van der Waals surface area (Å²) in [5.41, 5.74) is 1.64. The van der Waals surface area contributed by atoms with Gasteiger partial charge in [0.05, 0.1) is 23.2 Å². The van der Waals surface area contributed by atoms with Gasteiger partial charge in [0, 0.05) is 4.88 Å². The average molecular weight is 341 g/mol. The second kappa shape index (κ2) is 6.67. The lowest BCUT2D eigenvalue weighted by atomic mass is 10.1. The molecule has 0 unspecified atom stereocenters. The Morgan fingerprint density at radius 2 is 1.83 bits per heavy atom. The normalized spacial score (nSPS) is 10.4. The van der Waals surface area contributed by atoms with Crippen LogP contribution in [0, 0.1) is 13.8 Å². The zero-order chi connectivity index (χ0) is 17.1. The molecule has 6 nitrogen and oxygen atoms in total. The molecule has 2 N–H and O–H groups in total. The highest BCUT2D eigenvalue weighted by Crippen LogP contribution is 2.23. The Kier molecular flexibility index (Phi) is 4.43. The summed E-state index contributed by atoms with van der Waals surface area (Å²) in [6.07, 6.45) is 1.42. The van der Waals surface area contributed by atoms with E-state index in [2.05, 4.69) is 15.6 Å². The van der Waals surface area contributed by atoms with E-state index in [1.807, 2.05) is 13.8 Å². The molecule has 2 amide bonds. The number of furan rings is 1. The van der Waals surface area contributed by atoms with E-state index in [0.717, 1.165) is 10.6 Å². The summed E-state index contributed by atoms with van der Waals surface area (Å²) in [6.45, 7) is 3.83. The highest BCUT2D eigenvalue weighted by molar-refractivity contribution is 7.15. The van der Waals surface area contributed by atoms with Crippen LogP contribution in [0.3, 0.4) is 0 Å². The minimum atomic E-state index is -0.416. The van der Waals surface area contributed by atoms with Crippen molar-refractivity contribution < 1.29 is 14.0 Å². The predicted molar refractivity (Wildman–Crippen MR) is 92.6 cm³/mol. The Morgan fingerprint density at radius 1 is 1.04 bits per heavy atom. The molecule has 0 radical (unpaired) electrons. The van der Waals surface area contributed by atoms with Crippen molar-refractivity contribution >= 4 is 34.0 Å². The van der Waals surface area contributed by atoms with Gasteiger partial charge in [0.2, 0.25) is 0 Å². The number of thiazole rings is 1. The molecule has 24 heavy (non-hydrogen) atoms. The van der Waals surface area contributed by atoms with Crippen molar-refractivity contribution in [3.63, 3.8) is 0 Å². The van der Waals surface area contributed by atoms with Gasteiger partial charge >= 0.3 is 0 Å². The van der Waals surface area contributed by atoms with Crippen LogP contribution in [-0.2, 0) is 0 Å². The van der Waals surface area contributed by atoms with Gasteiger partial charge in [-0.3, -0.25) is 14.9 Å². The van der Waals surface area contributed by atoms with Gasteiger partial charge in [0.25, 0.3) is 11.8 Å². The number of anilines is 2. The van der Waals surface area contributed by atoms with Crippen LogP contribution in [0.2, 0.25) is 0 Å². The molecule has 3 aromatic rings. The number of carbonyl (C=O) groups excluding carboxylic acids is 2. The number of nitrogens with one attached hydrogen (secondary N) is 2. The van der Waals surface area contributed by atoms with Crippen LogP contribution in [0.1, 0.15) is 31.5 Å². The number of benzene rings is 1. The highest BCUT2D eigenvalue weighted by Gasteiger charge is 2.16. The maximum Gasteiger partial charge on any atom is 0.291 e. The third kappa shape index (κ3) is 3.36. The maximum atomic E-state index is 12.5. The van der Waals surface area contributed by atoms with Gasteiger partial charge in [-0.05, 0) is 38.1 Å². The van der Waals surface area contributed by atoms with Crippen molar-refractivity contribution in [1.29, 1.82) is 0 Å². The number of aryl methyl sites for hydroxylation is 2. The lowest BCUT2D eigenvalue weighted by Crippen LogP contribution is -2.17. The topological polar surface area (TPSA) is 84.2 Å². The van der Waals surface area contributed by atoms with Gasteiger partial charge in [0.1, 0.15) is 0 Å². The molecule has 7 heteroatoms. The van der Waals surface area contributed by atoms with Crippen LogP contribution in [0.25, 0.3) is 0 Å². The standard InChI is InChI=1S/C17H15N3O3S/c1-10-11(2)24-17(18-10)20-15(21)12-6-3-4-7-13(12)19-16(22)14-8-5-9-23-14/h3-9H,1-2H3,(H,19,22)(H,18,20,21). The number of hydrogen-bond donors (Lipinski definition) is 2. The number of amides is 2. The van der Waals surface area contributed by atoms with Crippen LogP contribution in [0.4, 0.5) is 10.8 Å². The van der Waals surface area contributed by atoms with Gasteiger partial charge in [-0.1, -0.05) is 12.1 Å². The SMILES string of the molecule is Cc1nc(NC(=O)c2ccccc2NC(=O)c2ccco2)sc1C. The van der Waals surface area contributed by atoms with Crippen LogP contribution in [0.5, 0.6) is 0 Å². The molecule has 0 spiro atoms. The van der Waals surface area contributed by atoms with Gasteiger partial charge in [-0.2, -0.15) is 0 Å². The summed E-state index contributed by atoms with van der Waals surface area (Å²) >= 11 is 1.41. The fraction of sp³-hybridized carbons (Fsp3) is 0.118. The zero-order valence-electron chi connectivity index (χ0n) is 13.1. The van der Waals surface area contributed by atoms with E-state index in [1.54, 1.807) is 36.4 Å². The summed E-state index contributed by atoms with van der Waals surface area (Å²) in [6, 6.07) is 9.95. The molecular formula is C17H15N3O3S. The largest absolute Gasteiger partial charge is 0.459 e. The quantitative estimate of drug-likeness (QED) is 0.755. The lowest BCUT2D eigenvalue weighted by Gasteiger charge is -2.09. The van der Waals surface area contributed by atoms with Crippen LogP contribution >= 0.6 is 11.3 Å². The molecule has 3 rings (SSSR count). The van der Waals surface area contributed by atoms with Gasteiger partial charge in [-0.25, -0.2) is 4.98 Å². The fourth-order valence-corrected chi connectivity index (χ4v) is 2.88. The average Bonchev–Trinajstić information content (AvgIpc) is 3.18. The highest BCUT2D eigenvalue weighted by atomic mass is 32.1. The first kappa shape index (κ1) is 15.9. The summed E-state index contributed by atoms with van der Waals surface area (Å²) in [4.78, 5) is 30.0. The molecule has 0 bridgehead atoms.